The first kappa shape index (κ1) is 29.8. The highest BCUT2D eigenvalue weighted by Crippen LogP contribution is 2.41. The maximum absolute atomic E-state index is 14.0. The van der Waals surface area contributed by atoms with E-state index in [4.69, 9.17) is 22.1 Å². The van der Waals surface area contributed by atoms with Gasteiger partial charge in [0.05, 0.1) is 11.6 Å². The molecule has 3 fully saturated rings. The van der Waals surface area contributed by atoms with Crippen LogP contribution in [0.3, 0.4) is 0 Å². The number of anilines is 1. The Labute approximate surface area is 245 Å². The molecule has 1 aliphatic heterocycles. The summed E-state index contributed by atoms with van der Waals surface area (Å²) in [6, 6.07) is 4.29. The molecule has 41 heavy (non-hydrogen) atoms. The number of fused-ring (bicyclic) bond motifs is 1. The van der Waals surface area contributed by atoms with Gasteiger partial charge in [0, 0.05) is 35.1 Å². The van der Waals surface area contributed by atoms with E-state index in [1.807, 2.05) is 4.90 Å². The zero-order valence-electron chi connectivity index (χ0n) is 23.8. The van der Waals surface area contributed by atoms with E-state index in [-0.39, 0.29) is 46.9 Å². The lowest BCUT2D eigenvalue weighted by molar-refractivity contribution is -0.142. The largest absolute Gasteiger partial charge is 0.461 e. The van der Waals surface area contributed by atoms with E-state index in [1.165, 1.54) is 6.42 Å². The van der Waals surface area contributed by atoms with E-state index in [1.54, 1.807) is 25.1 Å². The number of carbonyl (C=O) groups excluding carboxylic acids is 3. The molecule has 2 heterocycles. The normalized spacial score (nSPS) is 26.2. The highest BCUT2D eigenvalue weighted by Gasteiger charge is 2.47. The number of alkyl halides is 1. The zero-order valence-corrected chi connectivity index (χ0v) is 24.6. The van der Waals surface area contributed by atoms with Crippen molar-refractivity contribution in [3.8, 4) is 0 Å². The molecule has 4 N–H and O–H groups in total. The number of nitrogens with two attached hydrogens (primary N) is 1. The van der Waals surface area contributed by atoms with Gasteiger partial charge in [-0.05, 0) is 75.0 Å². The van der Waals surface area contributed by atoms with E-state index >= 15 is 0 Å². The van der Waals surface area contributed by atoms with Gasteiger partial charge in [0.25, 0.3) is 0 Å². The summed E-state index contributed by atoms with van der Waals surface area (Å²) in [5.41, 5.74) is 7.34. The third kappa shape index (κ3) is 6.26. The van der Waals surface area contributed by atoms with Gasteiger partial charge in [-0.15, -0.1) is 0 Å². The van der Waals surface area contributed by atoms with Crippen LogP contribution < -0.4 is 11.1 Å². The Kier molecular flexibility index (Phi) is 9.54. The molecule has 2 aliphatic carbocycles. The number of halogens is 2. The van der Waals surface area contributed by atoms with Gasteiger partial charge in [-0.2, -0.15) is 0 Å². The van der Waals surface area contributed by atoms with Gasteiger partial charge < -0.3 is 25.7 Å². The number of nitrogens with one attached hydrogen (secondary N) is 2. The summed E-state index contributed by atoms with van der Waals surface area (Å²) in [6.45, 7) is 2.00. The molecule has 10 heteroatoms. The highest BCUT2D eigenvalue weighted by molar-refractivity contribution is 6.38. The van der Waals surface area contributed by atoms with Gasteiger partial charge in [-0.25, -0.2) is 9.18 Å². The SMILES string of the molecule is CCOC(=O)c1[nH]c2ccc(NC(=O)[C@@H]3[C@H](C4CCCCC4)CCN3C(=O)[C@H]3CC[C@H](C(N)CF)CC3)cc2c1Cl. The van der Waals surface area contributed by atoms with Crippen LogP contribution in [0.25, 0.3) is 10.9 Å². The van der Waals surface area contributed by atoms with Gasteiger partial charge in [0.15, 0.2) is 0 Å². The van der Waals surface area contributed by atoms with E-state index < -0.39 is 24.7 Å². The molecule has 8 nitrogen and oxygen atoms in total. The maximum Gasteiger partial charge on any atom is 0.356 e. The Bertz CT molecular complexity index is 1250. The standard InChI is InChI=1S/C31H42ClFN4O4/c1-2-41-31(40)27-26(32)23-16-21(12-13-25(23)36-27)35-29(38)28-22(18-6-4-3-5-7-18)14-15-37(28)30(39)20-10-8-19(9-11-20)24(34)17-33/h12-13,16,18-20,22,24,28,36H,2-11,14-15,17,34H2,1H3,(H,35,38)/t19-,20-,22-,24?,28-/m0/s1. The van der Waals surface area contributed by atoms with Crippen LogP contribution in [-0.2, 0) is 14.3 Å². The third-order valence-electron chi connectivity index (χ3n) is 9.64. The zero-order chi connectivity index (χ0) is 29.1. The van der Waals surface area contributed by atoms with E-state index in [0.29, 0.717) is 41.9 Å². The number of rotatable bonds is 8. The molecule has 0 spiro atoms. The van der Waals surface area contributed by atoms with Crippen molar-refractivity contribution in [1.29, 1.82) is 0 Å². The van der Waals surface area contributed by atoms with Crippen molar-refractivity contribution in [2.75, 3.05) is 25.1 Å². The van der Waals surface area contributed by atoms with Crippen LogP contribution in [0, 0.1) is 23.7 Å². The van der Waals surface area contributed by atoms with Gasteiger partial charge in [-0.3, -0.25) is 9.59 Å². The number of amides is 2. The second-order valence-electron chi connectivity index (χ2n) is 12.0. The van der Waals surface area contributed by atoms with Crippen LogP contribution in [-0.4, -0.2) is 59.6 Å². The van der Waals surface area contributed by atoms with E-state index in [9.17, 15) is 18.8 Å². The second-order valence-corrected chi connectivity index (χ2v) is 12.4. The van der Waals surface area contributed by atoms with Crippen LogP contribution in [0.1, 0.15) is 81.6 Å². The Morgan fingerprint density at radius 2 is 1.85 bits per heavy atom. The minimum atomic E-state index is -0.538. The fourth-order valence-corrected chi connectivity index (χ4v) is 7.69. The number of aromatic amines is 1. The van der Waals surface area contributed by atoms with Crippen molar-refractivity contribution in [3.05, 3.63) is 28.9 Å². The monoisotopic (exact) mass is 588 g/mol. The summed E-state index contributed by atoms with van der Waals surface area (Å²) in [7, 11) is 0. The van der Waals surface area contributed by atoms with Crippen LogP contribution in [0.15, 0.2) is 18.2 Å². The lowest BCUT2D eigenvalue weighted by atomic mass is 9.76. The molecule has 224 valence electrons. The smallest absolute Gasteiger partial charge is 0.356 e. The quantitative estimate of drug-likeness (QED) is 0.335. The summed E-state index contributed by atoms with van der Waals surface area (Å²) < 4.78 is 18.2. The Hall–Kier alpha value is -2.65. The van der Waals surface area contributed by atoms with E-state index in [2.05, 4.69) is 10.3 Å². The van der Waals surface area contributed by atoms with E-state index in [0.717, 1.165) is 44.9 Å². The van der Waals surface area contributed by atoms with Gasteiger partial charge in [0.1, 0.15) is 18.4 Å². The number of H-pyrrole nitrogens is 1. The average Bonchev–Trinajstić information content (AvgIpc) is 3.59. The van der Waals surface area contributed by atoms with Gasteiger partial charge in [0.2, 0.25) is 11.8 Å². The molecule has 1 unspecified atom stereocenters. The number of nitrogens with zero attached hydrogens (tertiary/aromatic N) is 1. The van der Waals surface area contributed by atoms with Crippen molar-refractivity contribution in [3.63, 3.8) is 0 Å². The first-order valence-corrected chi connectivity index (χ1v) is 15.6. The summed E-state index contributed by atoms with van der Waals surface area (Å²) in [5.74, 6) is -0.188. The molecule has 0 radical (unpaired) electrons. The van der Waals surface area contributed by atoms with Crippen LogP contribution >= 0.6 is 11.6 Å². The first-order valence-electron chi connectivity index (χ1n) is 15.2. The predicted octanol–water partition coefficient (Wildman–Crippen LogP) is 5.84. The second kappa shape index (κ2) is 13.1. The summed E-state index contributed by atoms with van der Waals surface area (Å²) in [5, 5.41) is 3.93. The van der Waals surface area contributed by atoms with Crippen molar-refractivity contribution in [1.82, 2.24) is 9.88 Å². The molecule has 0 bridgehead atoms. The fourth-order valence-electron chi connectivity index (χ4n) is 7.41. The lowest BCUT2D eigenvalue weighted by Crippen LogP contribution is -2.50. The van der Waals surface area contributed by atoms with Crippen LogP contribution in [0.4, 0.5) is 10.1 Å². The number of hydrogen-bond donors (Lipinski definition) is 3. The minimum absolute atomic E-state index is 0.0407. The lowest BCUT2D eigenvalue weighted by Gasteiger charge is -2.36. The maximum atomic E-state index is 14.0. The molecule has 1 aromatic heterocycles. The minimum Gasteiger partial charge on any atom is -0.461 e. The summed E-state index contributed by atoms with van der Waals surface area (Å²) in [6.07, 6.45) is 9.38. The van der Waals surface area contributed by atoms with Crippen LogP contribution in [0.2, 0.25) is 5.02 Å². The molecule has 1 aromatic carbocycles. The Morgan fingerprint density at radius 3 is 2.54 bits per heavy atom. The number of esters is 1. The molecular formula is C31H42ClFN4O4. The van der Waals surface area contributed by atoms with Gasteiger partial charge >= 0.3 is 5.97 Å². The highest BCUT2D eigenvalue weighted by atomic mass is 35.5. The average molecular weight is 589 g/mol. The molecular weight excluding hydrogens is 547 g/mol. The fraction of sp³-hybridized carbons (Fsp3) is 0.645. The molecule has 1 saturated heterocycles. The van der Waals surface area contributed by atoms with Crippen molar-refractivity contribution in [2.45, 2.75) is 83.2 Å². The molecule has 2 saturated carbocycles. The first-order chi connectivity index (χ1) is 19.8. The molecule has 5 rings (SSSR count). The molecule has 2 amide bonds. The molecule has 2 aromatic rings. The third-order valence-corrected chi connectivity index (χ3v) is 10.0. The number of benzene rings is 1. The van der Waals surface area contributed by atoms with Crippen molar-refractivity contribution >= 4 is 46.0 Å². The predicted molar refractivity (Wildman–Crippen MR) is 157 cm³/mol. The van der Waals surface area contributed by atoms with Gasteiger partial charge in [-0.1, -0.05) is 43.7 Å². The van der Waals surface area contributed by atoms with Crippen molar-refractivity contribution in [2.24, 2.45) is 29.4 Å². The van der Waals surface area contributed by atoms with Crippen molar-refractivity contribution < 1.29 is 23.5 Å². The summed E-state index contributed by atoms with van der Waals surface area (Å²) in [4.78, 5) is 45.0. The molecule has 3 aliphatic rings. The Morgan fingerprint density at radius 1 is 1.12 bits per heavy atom. The molecule has 3 atom stereocenters. The Balaban J connectivity index is 1.35. The number of aromatic nitrogens is 1. The number of ether oxygens (including phenoxy) is 1. The number of likely N-dealkylation sites (tertiary alicyclic amines) is 1. The topological polar surface area (TPSA) is 118 Å². The number of hydrogen-bond acceptors (Lipinski definition) is 5. The van der Waals surface area contributed by atoms with Crippen LogP contribution in [0.5, 0.6) is 0 Å². The number of carbonyl (C=O) groups is 3. The summed E-state index contributed by atoms with van der Waals surface area (Å²) >= 11 is 6.51.